The van der Waals surface area contributed by atoms with Crippen LogP contribution in [-0.4, -0.2) is 21.8 Å². The Balaban J connectivity index is 1.70. The summed E-state index contributed by atoms with van der Waals surface area (Å²) in [4.78, 5) is 12.2. The molecule has 0 fully saturated rings. The molecule has 0 aliphatic carbocycles. The fraction of sp³-hybridized carbons (Fsp3) is 0.0556. The number of halogens is 2. The van der Waals surface area contributed by atoms with Crippen LogP contribution in [0.4, 0.5) is 0 Å². The highest BCUT2D eigenvalue weighted by molar-refractivity contribution is 9.10. The summed E-state index contributed by atoms with van der Waals surface area (Å²) in [6, 6.07) is 16.6. The number of aromatic nitrogens is 2. The molecule has 0 unspecified atom stereocenters. The molecule has 25 heavy (non-hydrogen) atoms. The fourth-order valence-electron chi connectivity index (χ4n) is 2.16. The Hall–Kier alpha value is -2.44. The number of hydrogen-bond donors (Lipinski definition) is 2. The molecule has 126 valence electrons. The third-order valence-corrected chi connectivity index (χ3v) is 4.33. The summed E-state index contributed by atoms with van der Waals surface area (Å²) in [7, 11) is 0. The Morgan fingerprint density at radius 3 is 2.52 bits per heavy atom. The van der Waals surface area contributed by atoms with Crippen LogP contribution in [0.2, 0.25) is 5.02 Å². The van der Waals surface area contributed by atoms with E-state index in [1.807, 2.05) is 43.3 Å². The molecule has 0 aliphatic heterocycles. The number of hydrazone groups is 1. The predicted octanol–water partition coefficient (Wildman–Crippen LogP) is 4.65. The maximum Gasteiger partial charge on any atom is 0.289 e. The smallest absolute Gasteiger partial charge is 0.272 e. The molecule has 0 radical (unpaired) electrons. The number of rotatable bonds is 4. The van der Waals surface area contributed by atoms with Crippen molar-refractivity contribution in [3.63, 3.8) is 0 Å². The lowest BCUT2D eigenvalue weighted by Gasteiger charge is -2.02. The van der Waals surface area contributed by atoms with Crippen molar-refractivity contribution in [3.05, 3.63) is 75.4 Å². The van der Waals surface area contributed by atoms with E-state index in [9.17, 15) is 4.79 Å². The Bertz CT molecular complexity index is 917. The van der Waals surface area contributed by atoms with Crippen molar-refractivity contribution in [2.75, 3.05) is 0 Å². The molecule has 1 heterocycles. The van der Waals surface area contributed by atoms with Crippen LogP contribution in [0.15, 0.2) is 64.2 Å². The molecule has 1 amide bonds. The van der Waals surface area contributed by atoms with Crippen molar-refractivity contribution in [3.8, 4) is 11.3 Å². The van der Waals surface area contributed by atoms with Gasteiger partial charge in [0.05, 0.1) is 11.4 Å². The normalized spacial score (nSPS) is 11.4. The Morgan fingerprint density at radius 1 is 1.16 bits per heavy atom. The van der Waals surface area contributed by atoms with E-state index in [1.54, 1.807) is 18.2 Å². The van der Waals surface area contributed by atoms with Gasteiger partial charge in [-0.05, 0) is 42.8 Å². The number of hydrogen-bond acceptors (Lipinski definition) is 3. The highest BCUT2D eigenvalue weighted by Crippen LogP contribution is 2.20. The van der Waals surface area contributed by atoms with Gasteiger partial charge in [-0.15, -0.1) is 0 Å². The number of H-pyrrole nitrogens is 1. The van der Waals surface area contributed by atoms with Gasteiger partial charge in [-0.3, -0.25) is 9.89 Å². The van der Waals surface area contributed by atoms with Gasteiger partial charge in [0.1, 0.15) is 5.69 Å². The zero-order chi connectivity index (χ0) is 17.8. The molecular formula is C18H14BrClN4O. The first-order chi connectivity index (χ1) is 12.0. The third-order valence-electron chi connectivity index (χ3n) is 3.55. The van der Waals surface area contributed by atoms with E-state index < -0.39 is 0 Å². The van der Waals surface area contributed by atoms with Gasteiger partial charge in [-0.25, -0.2) is 5.43 Å². The van der Waals surface area contributed by atoms with Gasteiger partial charge in [-0.2, -0.15) is 10.2 Å². The van der Waals surface area contributed by atoms with Crippen LogP contribution < -0.4 is 5.43 Å². The summed E-state index contributed by atoms with van der Waals surface area (Å²) in [6.45, 7) is 1.83. The summed E-state index contributed by atoms with van der Waals surface area (Å²) < 4.78 is 0.986. The number of carbonyl (C=O) groups is 1. The van der Waals surface area contributed by atoms with E-state index >= 15 is 0 Å². The molecule has 2 aromatic carbocycles. The number of carbonyl (C=O) groups excluding carboxylic acids is 1. The number of nitrogens with zero attached hydrogens (tertiary/aromatic N) is 2. The summed E-state index contributed by atoms with van der Waals surface area (Å²) >= 11 is 9.26. The largest absolute Gasteiger partial charge is 0.289 e. The first-order valence-corrected chi connectivity index (χ1v) is 8.62. The predicted molar refractivity (Wildman–Crippen MR) is 103 cm³/mol. The second kappa shape index (κ2) is 7.63. The maximum absolute atomic E-state index is 12.2. The van der Waals surface area contributed by atoms with Crippen LogP contribution in [0, 0.1) is 0 Å². The summed E-state index contributed by atoms with van der Waals surface area (Å²) in [5, 5.41) is 11.6. The van der Waals surface area contributed by atoms with E-state index in [2.05, 4.69) is 36.7 Å². The lowest BCUT2D eigenvalue weighted by Crippen LogP contribution is -2.19. The van der Waals surface area contributed by atoms with Crippen LogP contribution in [0.1, 0.15) is 23.0 Å². The standard InChI is InChI=1S/C18H14BrClN4O/c1-11(12-2-6-14(19)7-3-12)21-24-18(25)17-10-16(22-23-17)13-4-8-15(20)9-5-13/h2-10H,1H3,(H,22,23)(H,24,25). The van der Waals surface area contributed by atoms with Gasteiger partial charge in [0.2, 0.25) is 0 Å². The number of nitrogens with one attached hydrogen (secondary N) is 2. The van der Waals surface area contributed by atoms with E-state index in [0.717, 1.165) is 15.6 Å². The van der Waals surface area contributed by atoms with E-state index in [4.69, 9.17) is 11.6 Å². The monoisotopic (exact) mass is 416 g/mol. The molecule has 0 saturated heterocycles. The van der Waals surface area contributed by atoms with Crippen LogP contribution in [0.25, 0.3) is 11.3 Å². The summed E-state index contributed by atoms with van der Waals surface area (Å²) in [5.74, 6) is -0.357. The quantitative estimate of drug-likeness (QED) is 0.479. The molecule has 0 aliphatic rings. The molecule has 1 aromatic heterocycles. The zero-order valence-corrected chi connectivity index (χ0v) is 15.6. The van der Waals surface area contributed by atoms with E-state index in [1.165, 1.54) is 0 Å². The van der Waals surface area contributed by atoms with Gasteiger partial charge >= 0.3 is 0 Å². The maximum atomic E-state index is 12.2. The lowest BCUT2D eigenvalue weighted by molar-refractivity contribution is 0.0950. The topological polar surface area (TPSA) is 70.1 Å². The summed E-state index contributed by atoms with van der Waals surface area (Å²) in [5.41, 5.74) is 6.03. The van der Waals surface area contributed by atoms with Gasteiger partial charge in [0, 0.05) is 15.1 Å². The minimum Gasteiger partial charge on any atom is -0.272 e. The molecule has 2 N–H and O–H groups in total. The van der Waals surface area contributed by atoms with Crippen molar-refractivity contribution in [2.24, 2.45) is 5.10 Å². The minimum atomic E-state index is -0.357. The molecule has 0 bridgehead atoms. The van der Waals surface area contributed by atoms with Crippen LogP contribution in [0.3, 0.4) is 0 Å². The van der Waals surface area contributed by atoms with Crippen molar-refractivity contribution < 1.29 is 4.79 Å². The molecule has 0 atom stereocenters. The lowest BCUT2D eigenvalue weighted by atomic mass is 10.1. The molecule has 3 aromatic rings. The van der Waals surface area contributed by atoms with Crippen molar-refractivity contribution in [1.82, 2.24) is 15.6 Å². The second-order valence-corrected chi connectivity index (χ2v) is 6.67. The first-order valence-electron chi connectivity index (χ1n) is 7.45. The zero-order valence-electron chi connectivity index (χ0n) is 13.3. The number of benzene rings is 2. The second-order valence-electron chi connectivity index (χ2n) is 5.32. The van der Waals surface area contributed by atoms with Crippen molar-refractivity contribution in [2.45, 2.75) is 6.92 Å². The Labute approximate surface area is 158 Å². The Morgan fingerprint density at radius 2 is 1.84 bits per heavy atom. The average molecular weight is 418 g/mol. The van der Waals surface area contributed by atoms with E-state index in [0.29, 0.717) is 22.1 Å². The van der Waals surface area contributed by atoms with Crippen LogP contribution >= 0.6 is 27.5 Å². The van der Waals surface area contributed by atoms with Gasteiger partial charge in [0.15, 0.2) is 0 Å². The Kier molecular flexibility index (Phi) is 5.31. The van der Waals surface area contributed by atoms with Crippen molar-refractivity contribution in [1.29, 1.82) is 0 Å². The molecule has 7 heteroatoms. The highest BCUT2D eigenvalue weighted by Gasteiger charge is 2.11. The molecule has 5 nitrogen and oxygen atoms in total. The molecule has 0 spiro atoms. The van der Waals surface area contributed by atoms with E-state index in [-0.39, 0.29) is 5.91 Å². The van der Waals surface area contributed by atoms with Gasteiger partial charge < -0.3 is 0 Å². The average Bonchev–Trinajstić information content (AvgIpc) is 3.11. The van der Waals surface area contributed by atoms with Crippen LogP contribution in [0.5, 0.6) is 0 Å². The molecule has 0 saturated carbocycles. The van der Waals surface area contributed by atoms with Crippen molar-refractivity contribution >= 4 is 39.1 Å². The number of amides is 1. The first kappa shape index (κ1) is 17.4. The summed E-state index contributed by atoms with van der Waals surface area (Å²) in [6.07, 6.45) is 0. The van der Waals surface area contributed by atoms with Gasteiger partial charge in [-0.1, -0.05) is 51.8 Å². The molecule has 3 rings (SSSR count). The SMILES string of the molecule is CC(=NNC(=O)c1cc(-c2ccc(Cl)cc2)n[nH]1)c1ccc(Br)cc1. The number of aromatic amines is 1. The highest BCUT2D eigenvalue weighted by atomic mass is 79.9. The third kappa shape index (κ3) is 4.35. The van der Waals surface area contributed by atoms with Crippen LogP contribution in [-0.2, 0) is 0 Å². The minimum absolute atomic E-state index is 0.331. The molecular weight excluding hydrogens is 404 g/mol. The van der Waals surface area contributed by atoms with Gasteiger partial charge in [0.25, 0.3) is 5.91 Å². The fourth-order valence-corrected chi connectivity index (χ4v) is 2.55.